The summed E-state index contributed by atoms with van der Waals surface area (Å²) in [5, 5.41) is 18.5. The summed E-state index contributed by atoms with van der Waals surface area (Å²) in [5.74, 6) is 0.112. The lowest BCUT2D eigenvalue weighted by atomic mass is 10.1. The number of carbonyl (C=O) groups is 1. The summed E-state index contributed by atoms with van der Waals surface area (Å²) in [6.45, 7) is 5.43. The van der Waals surface area contributed by atoms with Gasteiger partial charge in [-0.1, -0.05) is 6.07 Å². The standard InChI is InChI=1S/C19H23N7O/c1-12(2)26(11-20)18(21)15-5-4-6-17(23-15)24-19(27)16-7-13-9-25(3)10-14(13)8-22-16/h4-8,11-12,20-21H,9-10H2,1-3H3,(H,23,24,27). The molecule has 0 atom stereocenters. The van der Waals surface area contributed by atoms with Crippen molar-refractivity contribution in [2.75, 3.05) is 12.4 Å². The minimum atomic E-state index is -0.337. The Morgan fingerprint density at radius 1 is 1.30 bits per heavy atom. The van der Waals surface area contributed by atoms with E-state index in [9.17, 15) is 4.79 Å². The lowest BCUT2D eigenvalue weighted by Gasteiger charge is -2.23. The first-order chi connectivity index (χ1) is 12.9. The molecule has 27 heavy (non-hydrogen) atoms. The molecule has 0 saturated carbocycles. The zero-order valence-corrected chi connectivity index (χ0v) is 15.7. The van der Waals surface area contributed by atoms with Crippen LogP contribution < -0.4 is 5.32 Å². The fourth-order valence-corrected chi connectivity index (χ4v) is 3.00. The molecular weight excluding hydrogens is 342 g/mol. The van der Waals surface area contributed by atoms with Gasteiger partial charge >= 0.3 is 0 Å². The minimum absolute atomic E-state index is 0.0382. The van der Waals surface area contributed by atoms with Crippen molar-refractivity contribution in [3.63, 3.8) is 0 Å². The molecule has 8 heteroatoms. The molecule has 0 aliphatic carbocycles. The van der Waals surface area contributed by atoms with Crippen molar-refractivity contribution < 1.29 is 4.79 Å². The lowest BCUT2D eigenvalue weighted by Crippen LogP contribution is -2.36. The van der Waals surface area contributed by atoms with Crippen LogP contribution >= 0.6 is 0 Å². The Kier molecular flexibility index (Phi) is 5.27. The second kappa shape index (κ2) is 7.63. The summed E-state index contributed by atoms with van der Waals surface area (Å²) in [4.78, 5) is 24.8. The number of nitrogens with one attached hydrogen (secondary N) is 3. The average Bonchev–Trinajstić information content (AvgIpc) is 3.01. The van der Waals surface area contributed by atoms with Crippen molar-refractivity contribution in [2.24, 2.45) is 0 Å². The number of carbonyl (C=O) groups excluding carboxylic acids is 1. The molecule has 140 valence electrons. The van der Waals surface area contributed by atoms with Gasteiger partial charge in [0.1, 0.15) is 17.2 Å². The van der Waals surface area contributed by atoms with Crippen molar-refractivity contribution in [3.8, 4) is 0 Å². The van der Waals surface area contributed by atoms with Gasteiger partial charge in [-0.2, -0.15) is 0 Å². The molecule has 1 amide bonds. The lowest BCUT2D eigenvalue weighted by molar-refractivity contribution is 0.102. The van der Waals surface area contributed by atoms with Gasteiger partial charge in [0.25, 0.3) is 5.91 Å². The number of amides is 1. The number of aromatic nitrogens is 2. The number of hydrogen-bond donors (Lipinski definition) is 3. The maximum atomic E-state index is 12.5. The average molecular weight is 365 g/mol. The first-order valence-corrected chi connectivity index (χ1v) is 8.71. The van der Waals surface area contributed by atoms with E-state index < -0.39 is 0 Å². The molecule has 3 rings (SSSR count). The predicted octanol–water partition coefficient (Wildman–Crippen LogP) is 2.32. The van der Waals surface area contributed by atoms with Crippen LogP contribution in [0.5, 0.6) is 0 Å². The quantitative estimate of drug-likeness (QED) is 0.556. The minimum Gasteiger partial charge on any atom is -0.314 e. The molecule has 8 nitrogen and oxygen atoms in total. The van der Waals surface area contributed by atoms with Crippen LogP contribution in [-0.2, 0) is 13.1 Å². The van der Waals surface area contributed by atoms with Gasteiger partial charge in [0.2, 0.25) is 0 Å². The molecule has 0 radical (unpaired) electrons. The van der Waals surface area contributed by atoms with Gasteiger partial charge in [-0.25, -0.2) is 4.98 Å². The van der Waals surface area contributed by atoms with Crippen molar-refractivity contribution in [1.29, 1.82) is 10.8 Å². The number of rotatable bonds is 5. The molecule has 3 N–H and O–H groups in total. The highest BCUT2D eigenvalue weighted by molar-refractivity contribution is 6.04. The first-order valence-electron chi connectivity index (χ1n) is 8.71. The fourth-order valence-electron chi connectivity index (χ4n) is 3.00. The van der Waals surface area contributed by atoms with Gasteiger partial charge in [0.15, 0.2) is 5.84 Å². The molecule has 1 aliphatic heterocycles. The van der Waals surface area contributed by atoms with Gasteiger partial charge in [0.05, 0.1) is 6.34 Å². The topological polar surface area (TPSA) is 109 Å². The summed E-state index contributed by atoms with van der Waals surface area (Å²) >= 11 is 0. The second-order valence-corrected chi connectivity index (χ2v) is 6.85. The molecular formula is C19H23N7O. The highest BCUT2D eigenvalue weighted by atomic mass is 16.1. The van der Waals surface area contributed by atoms with Crippen molar-refractivity contribution in [3.05, 3.63) is 53.0 Å². The second-order valence-electron chi connectivity index (χ2n) is 6.85. The zero-order valence-electron chi connectivity index (χ0n) is 15.7. The van der Waals surface area contributed by atoms with Crippen LogP contribution in [0.2, 0.25) is 0 Å². The third-order valence-corrected chi connectivity index (χ3v) is 4.38. The monoisotopic (exact) mass is 365 g/mol. The molecule has 0 unspecified atom stereocenters. The first kappa shape index (κ1) is 18.7. The van der Waals surface area contributed by atoms with Crippen LogP contribution in [-0.4, -0.2) is 50.9 Å². The van der Waals surface area contributed by atoms with E-state index in [0.29, 0.717) is 17.2 Å². The maximum Gasteiger partial charge on any atom is 0.275 e. The van der Waals surface area contributed by atoms with Crippen molar-refractivity contribution >= 4 is 23.9 Å². The molecule has 2 aromatic rings. The molecule has 0 aromatic carbocycles. The molecule has 0 fully saturated rings. The molecule has 0 saturated heterocycles. The number of fused-ring (bicyclic) bond motifs is 1. The van der Waals surface area contributed by atoms with Crippen molar-refractivity contribution in [2.45, 2.75) is 33.0 Å². The van der Waals surface area contributed by atoms with E-state index in [0.717, 1.165) is 30.6 Å². The summed E-state index contributed by atoms with van der Waals surface area (Å²) < 4.78 is 0. The SMILES string of the molecule is CC(C)N(C=N)C(=N)c1cccc(NC(=O)c2cc3c(cn2)CN(C)C3)n1. The van der Waals surface area contributed by atoms with Gasteiger partial charge < -0.3 is 10.2 Å². The predicted molar refractivity (Wildman–Crippen MR) is 104 cm³/mol. The van der Waals surface area contributed by atoms with Gasteiger partial charge in [-0.15, -0.1) is 0 Å². The van der Waals surface area contributed by atoms with Gasteiger partial charge in [-0.3, -0.25) is 25.5 Å². The highest BCUT2D eigenvalue weighted by Crippen LogP contribution is 2.21. The highest BCUT2D eigenvalue weighted by Gasteiger charge is 2.19. The number of nitrogens with zero attached hydrogens (tertiary/aromatic N) is 4. The third kappa shape index (κ3) is 4.01. The molecule has 0 bridgehead atoms. The van der Waals surface area contributed by atoms with Crippen LogP contribution in [0.3, 0.4) is 0 Å². The molecule has 2 aromatic heterocycles. The van der Waals surface area contributed by atoms with E-state index >= 15 is 0 Å². The molecule has 0 spiro atoms. The fraction of sp³-hybridized carbons (Fsp3) is 0.316. The van der Waals surface area contributed by atoms with Crippen LogP contribution in [0.4, 0.5) is 5.82 Å². The summed E-state index contributed by atoms with van der Waals surface area (Å²) in [5.41, 5.74) is 2.98. The van der Waals surface area contributed by atoms with Gasteiger partial charge in [-0.05, 0) is 50.2 Å². The zero-order chi connectivity index (χ0) is 19.6. The number of amidine groups is 1. The number of hydrogen-bond acceptors (Lipinski definition) is 6. The Morgan fingerprint density at radius 3 is 2.74 bits per heavy atom. The maximum absolute atomic E-state index is 12.5. The van der Waals surface area contributed by atoms with Crippen LogP contribution in [0.1, 0.15) is 41.2 Å². The summed E-state index contributed by atoms with van der Waals surface area (Å²) in [6, 6.07) is 6.85. The normalized spacial score (nSPS) is 13.3. The van der Waals surface area contributed by atoms with E-state index in [2.05, 4.69) is 20.2 Å². The number of anilines is 1. The largest absolute Gasteiger partial charge is 0.314 e. The third-order valence-electron chi connectivity index (χ3n) is 4.38. The van der Waals surface area contributed by atoms with E-state index in [1.807, 2.05) is 27.0 Å². The van der Waals surface area contributed by atoms with Crippen LogP contribution in [0.25, 0.3) is 0 Å². The Balaban J connectivity index is 1.77. The number of pyridine rings is 2. The Labute approximate surface area is 158 Å². The van der Waals surface area contributed by atoms with E-state index in [1.54, 1.807) is 24.4 Å². The molecule has 1 aliphatic rings. The smallest absolute Gasteiger partial charge is 0.275 e. The Bertz CT molecular complexity index is 893. The van der Waals surface area contributed by atoms with Gasteiger partial charge in [0, 0.05) is 25.3 Å². The Morgan fingerprint density at radius 2 is 2.04 bits per heavy atom. The summed E-state index contributed by atoms with van der Waals surface area (Å²) in [6.07, 6.45) is 2.85. The van der Waals surface area contributed by atoms with E-state index in [4.69, 9.17) is 10.8 Å². The van der Waals surface area contributed by atoms with Crippen molar-refractivity contribution in [1.82, 2.24) is 19.8 Å². The molecule has 3 heterocycles. The van der Waals surface area contributed by atoms with E-state index in [-0.39, 0.29) is 17.8 Å². The summed E-state index contributed by atoms with van der Waals surface area (Å²) in [7, 11) is 2.03. The van der Waals surface area contributed by atoms with E-state index in [1.165, 1.54) is 4.90 Å². The van der Waals surface area contributed by atoms with Crippen LogP contribution in [0.15, 0.2) is 30.5 Å². The van der Waals surface area contributed by atoms with Crippen LogP contribution in [0, 0.1) is 10.8 Å². The Hall–Kier alpha value is -3.13.